The molecule has 1 aromatic heterocycles. The van der Waals surface area contributed by atoms with Gasteiger partial charge in [-0.2, -0.15) is 4.98 Å². The van der Waals surface area contributed by atoms with Gasteiger partial charge in [0.2, 0.25) is 5.95 Å². The summed E-state index contributed by atoms with van der Waals surface area (Å²) in [5.74, 6) is 1.02. The fourth-order valence-electron chi connectivity index (χ4n) is 2.19. The van der Waals surface area contributed by atoms with Gasteiger partial charge in [0.1, 0.15) is 0 Å². The molecule has 1 aliphatic rings. The van der Waals surface area contributed by atoms with E-state index in [0.29, 0.717) is 17.9 Å². The number of aromatic nitrogens is 3. The molecule has 78 valence electrons. The van der Waals surface area contributed by atoms with E-state index in [0.717, 1.165) is 4.73 Å². The second-order valence-corrected chi connectivity index (χ2v) is 4.72. The van der Waals surface area contributed by atoms with Gasteiger partial charge in [-0.3, -0.25) is 0 Å². The Labute approximate surface area is 92.0 Å². The molecule has 0 spiro atoms. The van der Waals surface area contributed by atoms with Crippen molar-refractivity contribution < 1.29 is 0 Å². The largest absolute Gasteiger partial charge is 0.366 e. The standard InChI is InChI=1S/C9H15BrN4/c1-6-4-2-3-5-7(6)14-8(10)12-9(11)13-14/h6-7H,2-5H2,1H3,(H2,11,13). The summed E-state index contributed by atoms with van der Waals surface area (Å²) in [4.78, 5) is 4.07. The summed E-state index contributed by atoms with van der Waals surface area (Å²) in [6, 6.07) is 0.461. The minimum absolute atomic E-state index is 0.356. The Morgan fingerprint density at radius 2 is 2.14 bits per heavy atom. The number of hydrogen-bond acceptors (Lipinski definition) is 3. The van der Waals surface area contributed by atoms with Crippen molar-refractivity contribution in [2.75, 3.05) is 5.73 Å². The summed E-state index contributed by atoms with van der Waals surface area (Å²) in [6.07, 6.45) is 5.07. The number of nitrogens with zero attached hydrogens (tertiary/aromatic N) is 3. The van der Waals surface area contributed by atoms with Gasteiger partial charge in [0, 0.05) is 0 Å². The molecule has 1 aromatic rings. The molecule has 0 saturated heterocycles. The van der Waals surface area contributed by atoms with E-state index in [1.165, 1.54) is 25.7 Å². The van der Waals surface area contributed by atoms with Crippen molar-refractivity contribution in [3.8, 4) is 0 Å². The third kappa shape index (κ3) is 1.78. The second kappa shape index (κ2) is 3.88. The highest BCUT2D eigenvalue weighted by molar-refractivity contribution is 9.10. The molecule has 1 saturated carbocycles. The van der Waals surface area contributed by atoms with Crippen molar-refractivity contribution in [2.45, 2.75) is 38.6 Å². The van der Waals surface area contributed by atoms with E-state index >= 15 is 0 Å². The zero-order valence-electron chi connectivity index (χ0n) is 8.28. The molecule has 0 aliphatic heterocycles. The van der Waals surface area contributed by atoms with Gasteiger partial charge in [0.05, 0.1) is 6.04 Å². The summed E-state index contributed by atoms with van der Waals surface area (Å²) >= 11 is 3.39. The highest BCUT2D eigenvalue weighted by atomic mass is 79.9. The van der Waals surface area contributed by atoms with E-state index < -0.39 is 0 Å². The van der Waals surface area contributed by atoms with Gasteiger partial charge in [-0.05, 0) is 34.7 Å². The lowest BCUT2D eigenvalue weighted by atomic mass is 9.86. The number of nitrogens with two attached hydrogens (primary N) is 1. The van der Waals surface area contributed by atoms with Crippen LogP contribution in [-0.2, 0) is 0 Å². The summed E-state index contributed by atoms with van der Waals surface area (Å²) < 4.78 is 2.69. The smallest absolute Gasteiger partial charge is 0.240 e. The van der Waals surface area contributed by atoms with Crippen LogP contribution in [0.15, 0.2) is 4.73 Å². The Balaban J connectivity index is 2.24. The van der Waals surface area contributed by atoms with E-state index in [2.05, 4.69) is 32.9 Å². The van der Waals surface area contributed by atoms with Crippen molar-refractivity contribution in [1.82, 2.24) is 14.8 Å². The number of rotatable bonds is 1. The summed E-state index contributed by atoms with van der Waals surface area (Å²) in [5, 5.41) is 4.22. The fraction of sp³-hybridized carbons (Fsp3) is 0.778. The number of nitrogen functional groups attached to an aromatic ring is 1. The molecule has 0 bridgehead atoms. The van der Waals surface area contributed by atoms with Gasteiger partial charge in [-0.15, -0.1) is 5.10 Å². The molecule has 2 rings (SSSR count). The molecule has 2 N–H and O–H groups in total. The van der Waals surface area contributed by atoms with E-state index in [1.807, 2.05) is 4.68 Å². The first-order valence-electron chi connectivity index (χ1n) is 5.06. The molecular formula is C9H15BrN4. The second-order valence-electron chi connectivity index (χ2n) is 4.01. The number of hydrogen-bond donors (Lipinski definition) is 1. The molecule has 2 unspecified atom stereocenters. The molecule has 2 atom stereocenters. The average Bonchev–Trinajstić information content (AvgIpc) is 2.46. The van der Waals surface area contributed by atoms with Crippen molar-refractivity contribution in [2.24, 2.45) is 5.92 Å². The topological polar surface area (TPSA) is 56.7 Å². The molecule has 1 heterocycles. The van der Waals surface area contributed by atoms with Crippen LogP contribution in [0.2, 0.25) is 0 Å². The van der Waals surface area contributed by atoms with Crippen LogP contribution < -0.4 is 5.73 Å². The maximum atomic E-state index is 5.56. The molecule has 0 radical (unpaired) electrons. The van der Waals surface area contributed by atoms with Crippen molar-refractivity contribution in [3.05, 3.63) is 4.73 Å². The third-order valence-electron chi connectivity index (χ3n) is 2.99. The van der Waals surface area contributed by atoms with Gasteiger partial charge in [0.25, 0.3) is 0 Å². The SMILES string of the molecule is CC1CCCCC1n1nc(N)nc1Br. The molecule has 5 heteroatoms. The fourth-order valence-corrected chi connectivity index (χ4v) is 2.71. The Morgan fingerprint density at radius 1 is 1.43 bits per heavy atom. The predicted molar refractivity (Wildman–Crippen MR) is 58.8 cm³/mol. The average molecular weight is 259 g/mol. The van der Waals surface area contributed by atoms with Crippen LogP contribution in [0.4, 0.5) is 5.95 Å². The minimum Gasteiger partial charge on any atom is -0.366 e. The lowest BCUT2D eigenvalue weighted by molar-refractivity contribution is 0.237. The van der Waals surface area contributed by atoms with Crippen molar-refractivity contribution in [1.29, 1.82) is 0 Å². The zero-order chi connectivity index (χ0) is 10.1. The highest BCUT2D eigenvalue weighted by Crippen LogP contribution is 2.34. The number of anilines is 1. The Morgan fingerprint density at radius 3 is 2.71 bits per heavy atom. The van der Waals surface area contributed by atoms with Crippen LogP contribution in [0.1, 0.15) is 38.6 Å². The predicted octanol–water partition coefficient (Wildman–Crippen LogP) is 2.37. The van der Waals surface area contributed by atoms with Gasteiger partial charge < -0.3 is 5.73 Å². The van der Waals surface area contributed by atoms with Gasteiger partial charge in [-0.25, -0.2) is 4.68 Å². The molecular weight excluding hydrogens is 244 g/mol. The summed E-state index contributed by atoms with van der Waals surface area (Å²) in [6.45, 7) is 2.27. The lowest BCUT2D eigenvalue weighted by Gasteiger charge is -2.28. The lowest BCUT2D eigenvalue weighted by Crippen LogP contribution is -2.22. The van der Waals surface area contributed by atoms with Crippen molar-refractivity contribution in [3.63, 3.8) is 0 Å². The first kappa shape index (κ1) is 9.96. The third-order valence-corrected chi connectivity index (χ3v) is 3.53. The van der Waals surface area contributed by atoms with Crippen LogP contribution in [0.5, 0.6) is 0 Å². The molecule has 0 aromatic carbocycles. The Bertz CT molecular complexity index is 323. The van der Waals surface area contributed by atoms with Gasteiger partial charge in [0.15, 0.2) is 4.73 Å². The van der Waals surface area contributed by atoms with Crippen LogP contribution in [0.25, 0.3) is 0 Å². The van der Waals surface area contributed by atoms with Crippen LogP contribution in [0, 0.1) is 5.92 Å². The van der Waals surface area contributed by atoms with Gasteiger partial charge in [-0.1, -0.05) is 19.8 Å². The molecule has 1 aliphatic carbocycles. The normalized spacial score (nSPS) is 27.9. The van der Waals surface area contributed by atoms with E-state index in [9.17, 15) is 0 Å². The van der Waals surface area contributed by atoms with Crippen LogP contribution in [-0.4, -0.2) is 14.8 Å². The molecule has 1 fully saturated rings. The number of halogens is 1. The minimum atomic E-state index is 0.356. The Hall–Kier alpha value is -0.580. The Kier molecular flexibility index (Phi) is 2.76. The zero-order valence-corrected chi connectivity index (χ0v) is 9.87. The first-order valence-corrected chi connectivity index (χ1v) is 5.85. The first-order chi connectivity index (χ1) is 6.68. The molecule has 4 nitrogen and oxygen atoms in total. The molecule has 14 heavy (non-hydrogen) atoms. The summed E-state index contributed by atoms with van der Waals surface area (Å²) in [5.41, 5.74) is 5.56. The van der Waals surface area contributed by atoms with Crippen LogP contribution >= 0.6 is 15.9 Å². The summed E-state index contributed by atoms with van der Waals surface area (Å²) in [7, 11) is 0. The molecule has 0 amide bonds. The monoisotopic (exact) mass is 258 g/mol. The van der Waals surface area contributed by atoms with E-state index in [4.69, 9.17) is 5.73 Å². The quantitative estimate of drug-likeness (QED) is 0.842. The van der Waals surface area contributed by atoms with E-state index in [1.54, 1.807) is 0 Å². The highest BCUT2D eigenvalue weighted by Gasteiger charge is 2.25. The maximum Gasteiger partial charge on any atom is 0.240 e. The maximum absolute atomic E-state index is 5.56. The van der Waals surface area contributed by atoms with Crippen LogP contribution in [0.3, 0.4) is 0 Å². The van der Waals surface area contributed by atoms with Crippen molar-refractivity contribution >= 4 is 21.9 Å². The van der Waals surface area contributed by atoms with E-state index in [-0.39, 0.29) is 0 Å². The van der Waals surface area contributed by atoms with Gasteiger partial charge >= 0.3 is 0 Å².